The number of hydrogen-bond acceptors (Lipinski definition) is 4. The molecule has 2 aromatic heterocycles. The summed E-state index contributed by atoms with van der Waals surface area (Å²) in [6.07, 6.45) is 11.0. The fourth-order valence-electron chi connectivity index (χ4n) is 10.2. The first-order chi connectivity index (χ1) is 33.9. The van der Waals surface area contributed by atoms with Crippen LogP contribution in [0, 0.1) is 0 Å². The van der Waals surface area contributed by atoms with E-state index in [4.69, 9.17) is 9.97 Å². The zero-order valence-corrected chi connectivity index (χ0v) is 40.7. The lowest BCUT2D eigenvalue weighted by Gasteiger charge is -2.29. The van der Waals surface area contributed by atoms with E-state index in [1.54, 1.807) is 6.07 Å². The summed E-state index contributed by atoms with van der Waals surface area (Å²) in [5.74, 6) is 0.434. The van der Waals surface area contributed by atoms with Gasteiger partial charge in [0.25, 0.3) is 0 Å². The van der Waals surface area contributed by atoms with Gasteiger partial charge in [0.1, 0.15) is 5.75 Å². The number of rotatable bonds is 8. The van der Waals surface area contributed by atoms with Crippen LogP contribution in [0.25, 0.3) is 78.3 Å². The highest BCUT2D eigenvalue weighted by Crippen LogP contribution is 2.52. The lowest BCUT2D eigenvalue weighted by molar-refractivity contribution is 0.477. The number of phenolic OH excluding ortho intramolecular Hbond substituents is 1. The van der Waals surface area contributed by atoms with E-state index < -0.39 is 0 Å². The van der Waals surface area contributed by atoms with Crippen molar-refractivity contribution in [2.24, 2.45) is 0 Å². The summed E-state index contributed by atoms with van der Waals surface area (Å²) in [5.41, 5.74) is 20.0. The summed E-state index contributed by atoms with van der Waals surface area (Å²) in [7, 11) is 0. The molecule has 0 radical (unpaired) electrons. The molecule has 1 aliphatic carbocycles. The zero-order chi connectivity index (χ0) is 48.1. The molecule has 4 nitrogen and oxygen atoms in total. The number of anilines is 2. The van der Waals surface area contributed by atoms with E-state index in [9.17, 15) is 5.11 Å². The van der Waals surface area contributed by atoms with Gasteiger partial charge in [-0.15, -0.1) is 0 Å². The molecule has 2 unspecified atom stereocenters. The standard InChI is InChI=1S/C66H57N3O/c1-65(2,3)52-37-48(38-53(42-52)66(4,5)6)49-40-60(68-61(41-49)58-26-14-16-30-63(58)70)51-35-47(45-22-17-21-44(33-45)43-19-9-7-10-20-43)34-50(36-51)59-39-46(31-32-67-59)55-27-18-28-57-56-25-13-15-29-62(56)69(64(55)57)54-23-11-8-12-24-54/h7-42,56,62,70H,1-6H3. The predicted octanol–water partition coefficient (Wildman–Crippen LogP) is 17.2. The van der Waals surface area contributed by atoms with Crippen molar-refractivity contribution in [1.82, 2.24) is 9.97 Å². The Morgan fingerprint density at radius 3 is 1.70 bits per heavy atom. The predicted molar refractivity (Wildman–Crippen MR) is 293 cm³/mol. The minimum absolute atomic E-state index is 0.0720. The molecule has 1 aliphatic heterocycles. The fraction of sp³-hybridized carbons (Fsp3) is 0.152. The van der Waals surface area contributed by atoms with E-state index in [0.717, 1.165) is 61.5 Å². The first-order valence-electron chi connectivity index (χ1n) is 24.4. The van der Waals surface area contributed by atoms with Crippen LogP contribution in [0.4, 0.5) is 11.4 Å². The van der Waals surface area contributed by atoms with Crippen LogP contribution in [0.15, 0.2) is 219 Å². The van der Waals surface area contributed by atoms with E-state index in [1.165, 1.54) is 33.6 Å². The molecule has 0 saturated heterocycles. The second-order valence-electron chi connectivity index (χ2n) is 20.9. The number of allylic oxidation sites excluding steroid dienone is 2. The largest absolute Gasteiger partial charge is 0.507 e. The summed E-state index contributed by atoms with van der Waals surface area (Å²) < 4.78 is 0. The Balaban J connectivity index is 1.12. The molecule has 2 atom stereocenters. The van der Waals surface area contributed by atoms with E-state index in [2.05, 4.69) is 235 Å². The minimum atomic E-state index is -0.0720. The summed E-state index contributed by atoms with van der Waals surface area (Å²) >= 11 is 0. The van der Waals surface area contributed by atoms with Gasteiger partial charge in [-0.05, 0) is 139 Å². The average molecular weight is 908 g/mol. The molecule has 70 heavy (non-hydrogen) atoms. The molecule has 342 valence electrons. The average Bonchev–Trinajstić information content (AvgIpc) is 3.73. The Bertz CT molecular complexity index is 3450. The quantitative estimate of drug-likeness (QED) is 0.165. The summed E-state index contributed by atoms with van der Waals surface area (Å²) in [4.78, 5) is 13.1. The van der Waals surface area contributed by atoms with E-state index in [-0.39, 0.29) is 28.5 Å². The first-order valence-corrected chi connectivity index (χ1v) is 24.4. The molecule has 0 spiro atoms. The Hall–Kier alpha value is -8.08. The van der Waals surface area contributed by atoms with Crippen LogP contribution in [-0.4, -0.2) is 21.1 Å². The van der Waals surface area contributed by atoms with Gasteiger partial charge in [-0.3, -0.25) is 4.98 Å². The lowest BCUT2D eigenvalue weighted by Crippen LogP contribution is -2.28. The number of hydrogen-bond donors (Lipinski definition) is 1. The van der Waals surface area contributed by atoms with Crippen molar-refractivity contribution in [3.05, 3.63) is 235 Å². The molecule has 0 amide bonds. The third kappa shape index (κ3) is 8.56. The number of phenols is 1. The van der Waals surface area contributed by atoms with Gasteiger partial charge >= 0.3 is 0 Å². The highest BCUT2D eigenvalue weighted by Gasteiger charge is 2.39. The number of aromatic nitrogens is 2. The van der Waals surface area contributed by atoms with Gasteiger partial charge in [0.05, 0.1) is 28.8 Å². The molecule has 0 saturated carbocycles. The topological polar surface area (TPSA) is 49.2 Å². The third-order valence-corrected chi connectivity index (χ3v) is 14.0. The molecule has 1 N–H and O–H groups in total. The van der Waals surface area contributed by atoms with Gasteiger partial charge in [-0.25, -0.2) is 4.98 Å². The number of para-hydroxylation sites is 3. The van der Waals surface area contributed by atoms with Gasteiger partial charge in [0.15, 0.2) is 0 Å². The Labute approximate surface area is 413 Å². The highest BCUT2D eigenvalue weighted by atomic mass is 16.3. The van der Waals surface area contributed by atoms with Gasteiger partial charge in [0.2, 0.25) is 0 Å². The highest BCUT2D eigenvalue weighted by molar-refractivity contribution is 5.91. The van der Waals surface area contributed by atoms with E-state index >= 15 is 0 Å². The Morgan fingerprint density at radius 1 is 0.429 bits per heavy atom. The third-order valence-electron chi connectivity index (χ3n) is 14.0. The molecule has 11 rings (SSSR count). The molecular formula is C66H57N3O. The molecule has 2 aliphatic rings. The van der Waals surface area contributed by atoms with Gasteiger partial charge in [-0.2, -0.15) is 0 Å². The van der Waals surface area contributed by atoms with Crippen LogP contribution < -0.4 is 4.90 Å². The van der Waals surface area contributed by atoms with E-state index in [1.807, 2.05) is 24.4 Å². The molecule has 0 fully saturated rings. The smallest absolute Gasteiger partial charge is 0.124 e. The SMILES string of the molecule is CC(C)(C)c1cc(-c2cc(-c3cc(-c4cccc(-c5ccccc5)c4)cc(-c4cc(-c5cccc6c5N(c5ccccc5)C5C=CC=CC65)ccn4)c3)nc(-c3ccccc3O)c2)cc(C(C)(C)C)c1. The summed E-state index contributed by atoms with van der Waals surface area (Å²) in [6, 6.07) is 67.1. The molecule has 9 aromatic rings. The zero-order valence-electron chi connectivity index (χ0n) is 40.7. The van der Waals surface area contributed by atoms with Crippen LogP contribution >= 0.6 is 0 Å². The fourth-order valence-corrected chi connectivity index (χ4v) is 10.2. The second kappa shape index (κ2) is 17.8. The number of fused-ring (bicyclic) bond motifs is 3. The van der Waals surface area contributed by atoms with Crippen molar-refractivity contribution in [2.75, 3.05) is 4.90 Å². The van der Waals surface area contributed by atoms with Gasteiger partial charge in [0, 0.05) is 40.1 Å². The molecule has 3 heterocycles. The second-order valence-corrected chi connectivity index (χ2v) is 20.9. The normalized spacial score (nSPS) is 15.2. The van der Waals surface area contributed by atoms with Crippen molar-refractivity contribution in [1.29, 1.82) is 0 Å². The van der Waals surface area contributed by atoms with Crippen molar-refractivity contribution in [3.63, 3.8) is 0 Å². The van der Waals surface area contributed by atoms with Crippen LogP contribution in [0.1, 0.15) is 64.2 Å². The molecular weight excluding hydrogens is 851 g/mol. The number of aromatic hydroxyl groups is 1. The number of pyridine rings is 2. The lowest BCUT2D eigenvalue weighted by atomic mass is 9.79. The maximum Gasteiger partial charge on any atom is 0.124 e. The first kappa shape index (κ1) is 44.4. The summed E-state index contributed by atoms with van der Waals surface area (Å²) in [6.45, 7) is 13.7. The number of nitrogens with zero attached hydrogens (tertiary/aromatic N) is 3. The number of benzene rings is 7. The Kier molecular flexibility index (Phi) is 11.3. The molecule has 4 heteroatoms. The van der Waals surface area contributed by atoms with Crippen molar-refractivity contribution >= 4 is 11.4 Å². The van der Waals surface area contributed by atoms with Crippen molar-refractivity contribution in [3.8, 4) is 84.0 Å². The molecule has 7 aromatic carbocycles. The molecule has 0 bridgehead atoms. The van der Waals surface area contributed by atoms with E-state index in [0.29, 0.717) is 11.3 Å². The minimum Gasteiger partial charge on any atom is -0.507 e. The van der Waals surface area contributed by atoms with Gasteiger partial charge < -0.3 is 10.0 Å². The van der Waals surface area contributed by atoms with Crippen molar-refractivity contribution in [2.45, 2.75) is 64.3 Å². The Morgan fingerprint density at radius 2 is 0.971 bits per heavy atom. The summed E-state index contributed by atoms with van der Waals surface area (Å²) in [5, 5.41) is 11.4. The van der Waals surface area contributed by atoms with Crippen LogP contribution in [0.5, 0.6) is 5.75 Å². The van der Waals surface area contributed by atoms with Gasteiger partial charge in [-0.1, -0.05) is 181 Å². The van der Waals surface area contributed by atoms with Crippen LogP contribution in [-0.2, 0) is 10.8 Å². The maximum absolute atomic E-state index is 11.4. The van der Waals surface area contributed by atoms with Crippen molar-refractivity contribution < 1.29 is 5.11 Å². The monoisotopic (exact) mass is 907 g/mol. The van der Waals surface area contributed by atoms with Crippen LogP contribution in [0.2, 0.25) is 0 Å². The van der Waals surface area contributed by atoms with Crippen LogP contribution in [0.3, 0.4) is 0 Å². The maximum atomic E-state index is 11.4.